The highest BCUT2D eigenvalue weighted by Crippen LogP contribution is 2.44. The second kappa shape index (κ2) is 15.2. The molecular weight excluding hydrogens is 394 g/mol. The number of hydroxylamine groups is 2. The Bertz CT molecular complexity index is 449. The number of aliphatic carboxylic acids is 1. The highest BCUT2D eigenvalue weighted by molar-refractivity contribution is 5.74. The van der Waals surface area contributed by atoms with Crippen LogP contribution in [0.2, 0.25) is 0 Å². The smallest absolute Gasteiger partial charge is 0.314 e. The average Bonchev–Trinajstić information content (AvgIpc) is 2.71. The predicted octanol–water partition coefficient (Wildman–Crippen LogP) is 5.73. The highest BCUT2D eigenvalue weighted by atomic mass is 16.5. The number of carboxylic acid groups (broad SMARTS) is 1. The Morgan fingerprint density at radius 1 is 0.935 bits per heavy atom. The number of rotatable bonds is 9. The third-order valence-corrected chi connectivity index (χ3v) is 6.56. The molecule has 0 radical (unpaired) electrons. The summed E-state index contributed by atoms with van der Waals surface area (Å²) in [4.78, 5) is 10.2. The van der Waals surface area contributed by atoms with Gasteiger partial charge in [0.1, 0.15) is 5.41 Å². The van der Waals surface area contributed by atoms with Gasteiger partial charge in [0.15, 0.2) is 0 Å². The monoisotopic (exact) mass is 447 g/mol. The van der Waals surface area contributed by atoms with E-state index in [2.05, 4.69) is 55.4 Å². The van der Waals surface area contributed by atoms with E-state index < -0.39 is 24.6 Å². The van der Waals surface area contributed by atoms with Crippen LogP contribution in [0.25, 0.3) is 0 Å². The molecule has 1 saturated heterocycles. The van der Waals surface area contributed by atoms with E-state index in [0.29, 0.717) is 0 Å². The Labute approximate surface area is 192 Å². The molecule has 0 bridgehead atoms. The lowest BCUT2D eigenvalue weighted by atomic mass is 9.69. The van der Waals surface area contributed by atoms with Gasteiger partial charge in [0.05, 0.1) is 13.2 Å². The molecule has 0 spiro atoms. The number of hydrogen-bond donors (Lipinski definition) is 4. The van der Waals surface area contributed by atoms with E-state index in [9.17, 15) is 10.0 Å². The zero-order valence-corrected chi connectivity index (χ0v) is 21.9. The van der Waals surface area contributed by atoms with E-state index in [0.717, 1.165) is 24.7 Å². The normalized spacial score (nSPS) is 18.6. The van der Waals surface area contributed by atoms with E-state index in [1.165, 1.54) is 45.4 Å². The van der Waals surface area contributed by atoms with Crippen molar-refractivity contribution in [3.63, 3.8) is 0 Å². The van der Waals surface area contributed by atoms with Crippen LogP contribution in [0.5, 0.6) is 0 Å². The van der Waals surface area contributed by atoms with E-state index in [1.807, 2.05) is 0 Å². The predicted molar refractivity (Wildman–Crippen MR) is 128 cm³/mol. The van der Waals surface area contributed by atoms with Crippen molar-refractivity contribution in [1.29, 1.82) is 0 Å². The van der Waals surface area contributed by atoms with Gasteiger partial charge in [-0.05, 0) is 59.3 Å². The minimum absolute atomic E-state index is 0.0883. The molecule has 0 saturated carbocycles. The standard InChI is InChI=1S/C14H29NO.C6H14.C5H10O4/c1-7-11(8-2)12-9-13(3,4)15(16)14(5,6)10-12;1-3-5-6-4-2;1-5(2-6,3-7)4(8)9/h11-12,16H,7-10H2,1-6H3;3-6H2,1-2H3;6-7H,2-3H2,1H3,(H,8,9). The fourth-order valence-electron chi connectivity index (χ4n) is 4.32. The summed E-state index contributed by atoms with van der Waals surface area (Å²) in [5.41, 5.74) is -1.57. The molecule has 0 aromatic heterocycles. The SMILES string of the molecule is CC(CO)(CO)C(=O)O.CCC(CC)C1CC(C)(C)N(O)C(C)(C)C1.CCCCCC. The van der Waals surface area contributed by atoms with Crippen molar-refractivity contribution in [2.24, 2.45) is 17.3 Å². The molecule has 1 fully saturated rings. The summed E-state index contributed by atoms with van der Waals surface area (Å²) < 4.78 is 0. The topological polar surface area (TPSA) is 101 Å². The molecule has 0 unspecified atom stereocenters. The summed E-state index contributed by atoms with van der Waals surface area (Å²) in [5, 5.41) is 37.0. The maximum absolute atomic E-state index is 10.2. The molecule has 6 heteroatoms. The molecular formula is C25H53NO5. The Morgan fingerprint density at radius 3 is 1.48 bits per heavy atom. The van der Waals surface area contributed by atoms with Crippen LogP contribution in [0.1, 0.15) is 114 Å². The van der Waals surface area contributed by atoms with E-state index in [4.69, 9.17) is 15.3 Å². The summed E-state index contributed by atoms with van der Waals surface area (Å²) in [6.45, 7) is 17.9. The fourth-order valence-corrected chi connectivity index (χ4v) is 4.32. The number of hydrogen-bond acceptors (Lipinski definition) is 5. The second-order valence-corrected chi connectivity index (χ2v) is 10.6. The van der Waals surface area contributed by atoms with Crippen molar-refractivity contribution >= 4 is 5.97 Å². The van der Waals surface area contributed by atoms with Gasteiger partial charge in [-0.1, -0.05) is 66.2 Å². The molecule has 0 atom stereocenters. The zero-order chi connectivity index (χ0) is 24.9. The molecule has 0 amide bonds. The maximum atomic E-state index is 10.2. The minimum atomic E-state index is -1.39. The molecule has 1 heterocycles. The molecule has 1 aliphatic heterocycles. The van der Waals surface area contributed by atoms with Crippen LogP contribution in [-0.2, 0) is 4.79 Å². The van der Waals surface area contributed by atoms with Crippen LogP contribution in [0.3, 0.4) is 0 Å². The van der Waals surface area contributed by atoms with Crippen LogP contribution >= 0.6 is 0 Å². The van der Waals surface area contributed by atoms with Gasteiger partial charge in [0, 0.05) is 11.1 Å². The lowest BCUT2D eigenvalue weighted by Gasteiger charge is -2.53. The first kappa shape index (κ1) is 32.5. The number of carboxylic acids is 1. The maximum Gasteiger partial charge on any atom is 0.314 e. The second-order valence-electron chi connectivity index (χ2n) is 10.6. The Kier molecular flexibility index (Phi) is 15.9. The minimum Gasteiger partial charge on any atom is -0.481 e. The van der Waals surface area contributed by atoms with Crippen LogP contribution in [0.4, 0.5) is 0 Å². The van der Waals surface area contributed by atoms with Gasteiger partial charge in [0.25, 0.3) is 0 Å². The Hall–Kier alpha value is -0.690. The largest absolute Gasteiger partial charge is 0.481 e. The van der Waals surface area contributed by atoms with Crippen molar-refractivity contribution in [3.8, 4) is 0 Å². The van der Waals surface area contributed by atoms with E-state index in [-0.39, 0.29) is 11.1 Å². The lowest BCUT2D eigenvalue weighted by Crippen LogP contribution is -2.59. The van der Waals surface area contributed by atoms with Gasteiger partial charge in [-0.3, -0.25) is 4.79 Å². The Balaban J connectivity index is 0. The molecule has 6 nitrogen and oxygen atoms in total. The highest BCUT2D eigenvalue weighted by Gasteiger charge is 2.46. The van der Waals surface area contributed by atoms with Crippen molar-refractivity contribution < 1.29 is 25.3 Å². The quantitative estimate of drug-likeness (QED) is 0.337. The molecule has 4 N–H and O–H groups in total. The van der Waals surface area contributed by atoms with Crippen LogP contribution in [0, 0.1) is 17.3 Å². The van der Waals surface area contributed by atoms with Gasteiger partial charge >= 0.3 is 5.97 Å². The number of aliphatic hydroxyl groups is 2. The first-order chi connectivity index (χ1) is 14.2. The van der Waals surface area contributed by atoms with Gasteiger partial charge in [0.2, 0.25) is 0 Å². The van der Waals surface area contributed by atoms with Gasteiger partial charge < -0.3 is 20.5 Å². The molecule has 1 rings (SSSR count). The summed E-state index contributed by atoms with van der Waals surface area (Å²) in [7, 11) is 0. The number of carbonyl (C=O) groups is 1. The van der Waals surface area contributed by atoms with Crippen LogP contribution < -0.4 is 0 Å². The average molecular weight is 448 g/mol. The number of aliphatic hydroxyl groups excluding tert-OH is 2. The lowest BCUT2D eigenvalue weighted by molar-refractivity contribution is -0.254. The number of nitrogens with zero attached hydrogens (tertiary/aromatic N) is 1. The van der Waals surface area contributed by atoms with E-state index >= 15 is 0 Å². The van der Waals surface area contributed by atoms with Crippen molar-refractivity contribution in [3.05, 3.63) is 0 Å². The first-order valence-electron chi connectivity index (χ1n) is 12.2. The van der Waals surface area contributed by atoms with Gasteiger partial charge in [-0.15, -0.1) is 0 Å². The molecule has 0 aromatic carbocycles. The number of piperidine rings is 1. The van der Waals surface area contributed by atoms with Crippen molar-refractivity contribution in [1.82, 2.24) is 5.06 Å². The van der Waals surface area contributed by atoms with Gasteiger partial charge in [-0.2, -0.15) is 5.06 Å². The van der Waals surface area contributed by atoms with Crippen molar-refractivity contribution in [2.45, 2.75) is 125 Å². The molecule has 188 valence electrons. The first-order valence-corrected chi connectivity index (χ1v) is 12.2. The zero-order valence-electron chi connectivity index (χ0n) is 21.9. The number of unbranched alkanes of at least 4 members (excludes halogenated alkanes) is 3. The summed E-state index contributed by atoms with van der Waals surface area (Å²) in [6, 6.07) is 0. The van der Waals surface area contributed by atoms with Crippen LogP contribution in [0.15, 0.2) is 0 Å². The molecule has 0 aromatic rings. The summed E-state index contributed by atoms with van der Waals surface area (Å²) in [6.07, 6.45) is 10.3. The molecule has 0 aliphatic carbocycles. The van der Waals surface area contributed by atoms with Gasteiger partial charge in [-0.25, -0.2) is 0 Å². The molecule has 1 aliphatic rings. The van der Waals surface area contributed by atoms with Crippen molar-refractivity contribution in [2.75, 3.05) is 13.2 Å². The van der Waals surface area contributed by atoms with E-state index in [1.54, 1.807) is 5.06 Å². The third kappa shape index (κ3) is 11.1. The molecule has 31 heavy (non-hydrogen) atoms. The summed E-state index contributed by atoms with van der Waals surface area (Å²) in [5.74, 6) is 0.378. The third-order valence-electron chi connectivity index (χ3n) is 6.56. The summed E-state index contributed by atoms with van der Waals surface area (Å²) >= 11 is 0. The fraction of sp³-hybridized carbons (Fsp3) is 0.960. The Morgan fingerprint density at radius 2 is 1.29 bits per heavy atom. The van der Waals surface area contributed by atoms with Crippen LogP contribution in [-0.4, -0.2) is 55.9 Å².